The topological polar surface area (TPSA) is 46.6 Å². The van der Waals surface area contributed by atoms with Crippen LogP contribution in [0.3, 0.4) is 0 Å². The summed E-state index contributed by atoms with van der Waals surface area (Å²) in [5, 5.41) is 0. The Balaban J connectivity index is 2.37. The first-order chi connectivity index (χ1) is 14.5. The van der Waals surface area contributed by atoms with Gasteiger partial charge < -0.3 is 14.1 Å². The van der Waals surface area contributed by atoms with Crippen LogP contribution in [-0.4, -0.2) is 44.1 Å². The van der Waals surface area contributed by atoms with Gasteiger partial charge in [-0.15, -0.1) is 0 Å². The first-order valence-corrected chi connectivity index (χ1v) is 13.8. The van der Waals surface area contributed by atoms with E-state index in [1.54, 1.807) is 0 Å². The summed E-state index contributed by atoms with van der Waals surface area (Å²) < 4.78 is 6.83. The molecule has 0 spiro atoms. The second-order valence-corrected chi connectivity index (χ2v) is 12.8. The van der Waals surface area contributed by atoms with Gasteiger partial charge >= 0.3 is 0 Å². The van der Waals surface area contributed by atoms with Gasteiger partial charge in [-0.2, -0.15) is 0 Å². The highest BCUT2D eigenvalue weighted by atomic mass is 28.4. The Bertz CT molecular complexity index is 719. The van der Waals surface area contributed by atoms with Crippen LogP contribution in [0.4, 0.5) is 0 Å². The molecule has 1 heterocycles. The van der Waals surface area contributed by atoms with E-state index in [1.165, 1.54) is 0 Å². The molecule has 1 fully saturated rings. The minimum Gasteiger partial charge on any atom is -0.410 e. The summed E-state index contributed by atoms with van der Waals surface area (Å²) in [6.45, 7) is 9.10. The van der Waals surface area contributed by atoms with Crippen molar-refractivity contribution in [1.82, 2.24) is 4.90 Å². The molecule has 0 radical (unpaired) electrons. The first-order valence-electron chi connectivity index (χ1n) is 11.3. The first kappa shape index (κ1) is 24.3. The molecule has 164 valence electrons. The van der Waals surface area contributed by atoms with Crippen LogP contribution in [0.25, 0.3) is 6.08 Å². The van der Waals surface area contributed by atoms with Crippen LogP contribution in [-0.2, 0) is 14.0 Å². The highest BCUT2D eigenvalue weighted by molar-refractivity contribution is 6.73. The van der Waals surface area contributed by atoms with Crippen molar-refractivity contribution >= 4 is 26.6 Å². The van der Waals surface area contributed by atoms with Crippen molar-refractivity contribution in [3.05, 3.63) is 54.1 Å². The highest BCUT2D eigenvalue weighted by Crippen LogP contribution is 2.32. The van der Waals surface area contributed by atoms with Gasteiger partial charge in [-0.25, -0.2) is 0 Å². The maximum atomic E-state index is 12.5. The normalized spacial score (nSPS) is 19.7. The molecule has 0 N–H and O–H groups in total. The molecule has 1 saturated heterocycles. The van der Waals surface area contributed by atoms with Crippen molar-refractivity contribution in [2.45, 2.75) is 70.8 Å². The molecule has 2 rings (SSSR count). The van der Waals surface area contributed by atoms with E-state index in [-0.39, 0.29) is 24.0 Å². The quantitative estimate of drug-likeness (QED) is 0.252. The van der Waals surface area contributed by atoms with E-state index < -0.39 is 8.32 Å². The number of hydrogen-bond acceptors (Lipinski definition) is 3. The van der Waals surface area contributed by atoms with Gasteiger partial charge in [0, 0.05) is 19.0 Å². The summed E-state index contributed by atoms with van der Waals surface area (Å²) in [6, 6.07) is 13.0. The van der Waals surface area contributed by atoms with Crippen molar-refractivity contribution < 1.29 is 14.0 Å². The van der Waals surface area contributed by atoms with Crippen LogP contribution < -0.4 is 0 Å². The summed E-state index contributed by atoms with van der Waals surface area (Å²) in [6.07, 6.45) is 9.94. The van der Waals surface area contributed by atoms with Crippen LogP contribution in [0.5, 0.6) is 0 Å². The minimum absolute atomic E-state index is 0.117. The number of carbonyl (C=O) groups is 2. The minimum atomic E-state index is -1.94. The van der Waals surface area contributed by atoms with Gasteiger partial charge in [0.1, 0.15) is 6.29 Å². The monoisotopic (exact) mass is 427 g/mol. The average molecular weight is 428 g/mol. The lowest BCUT2D eigenvalue weighted by molar-refractivity contribution is -0.130. The van der Waals surface area contributed by atoms with E-state index in [1.807, 2.05) is 66.5 Å². The molecule has 0 saturated carbocycles. The summed E-state index contributed by atoms with van der Waals surface area (Å²) in [7, 11) is -1.94. The lowest BCUT2D eigenvalue weighted by Gasteiger charge is -2.38. The van der Waals surface area contributed by atoms with Crippen molar-refractivity contribution in [1.29, 1.82) is 0 Å². The number of allylic oxidation sites excluding steroid dienone is 1. The fourth-order valence-corrected chi connectivity index (χ4v) is 7.12. The lowest BCUT2D eigenvalue weighted by Crippen LogP contribution is -2.48. The van der Waals surface area contributed by atoms with Crippen LogP contribution in [0.2, 0.25) is 18.1 Å². The summed E-state index contributed by atoms with van der Waals surface area (Å²) in [4.78, 5) is 26.7. The molecule has 0 aliphatic carbocycles. The fourth-order valence-electron chi connectivity index (χ4n) is 4.30. The van der Waals surface area contributed by atoms with Gasteiger partial charge in [0.25, 0.3) is 0 Å². The van der Waals surface area contributed by atoms with Crippen LogP contribution >= 0.6 is 0 Å². The zero-order chi connectivity index (χ0) is 22.0. The van der Waals surface area contributed by atoms with Gasteiger partial charge in [0.2, 0.25) is 5.91 Å². The van der Waals surface area contributed by atoms with E-state index in [0.29, 0.717) is 19.4 Å². The van der Waals surface area contributed by atoms with E-state index in [2.05, 4.69) is 20.8 Å². The molecule has 1 aliphatic rings. The van der Waals surface area contributed by atoms with E-state index in [9.17, 15) is 9.59 Å². The van der Waals surface area contributed by atoms with E-state index in [4.69, 9.17) is 4.43 Å². The maximum Gasteiger partial charge on any atom is 0.223 e. The maximum absolute atomic E-state index is 12.5. The second-order valence-electron chi connectivity index (χ2n) is 8.03. The number of benzene rings is 1. The van der Waals surface area contributed by atoms with Gasteiger partial charge in [-0.05, 0) is 37.0 Å². The van der Waals surface area contributed by atoms with E-state index in [0.717, 1.165) is 30.0 Å². The van der Waals surface area contributed by atoms with Crippen molar-refractivity contribution in [2.75, 3.05) is 6.54 Å². The smallest absolute Gasteiger partial charge is 0.223 e. The number of amides is 1. The number of rotatable bonds is 12. The number of hydrogen-bond donors (Lipinski definition) is 0. The van der Waals surface area contributed by atoms with Crippen molar-refractivity contribution in [3.63, 3.8) is 0 Å². The Morgan fingerprint density at radius 1 is 1.17 bits per heavy atom. The molecule has 30 heavy (non-hydrogen) atoms. The van der Waals surface area contributed by atoms with Gasteiger partial charge in [0.05, 0.1) is 12.0 Å². The molecule has 1 amide bonds. The molecule has 1 aromatic carbocycles. The summed E-state index contributed by atoms with van der Waals surface area (Å²) in [5.74, 6) is -0.237. The SMILES string of the molecule is C/C=C/CN1C(=O)CC[C@H]1[C@@H](C=O)[C@@H](/C=C/c1ccccc1)O[Si](CC)(CC)CC. The molecule has 1 aliphatic heterocycles. The van der Waals surface area contributed by atoms with E-state index >= 15 is 0 Å². The molecule has 1 aromatic rings. The molecule has 0 unspecified atom stereocenters. The molecule has 5 heteroatoms. The van der Waals surface area contributed by atoms with Crippen LogP contribution in [0.15, 0.2) is 48.6 Å². The molecule has 0 bridgehead atoms. The predicted octanol–water partition coefficient (Wildman–Crippen LogP) is 5.47. The second kappa shape index (κ2) is 12.0. The molecule has 0 aromatic heterocycles. The Morgan fingerprint density at radius 2 is 1.83 bits per heavy atom. The molecule has 3 atom stereocenters. The molecular formula is C25H37NO3Si. The van der Waals surface area contributed by atoms with Crippen molar-refractivity contribution in [2.24, 2.45) is 5.92 Å². The van der Waals surface area contributed by atoms with Gasteiger partial charge in [-0.3, -0.25) is 4.79 Å². The molecule has 4 nitrogen and oxygen atoms in total. The van der Waals surface area contributed by atoms with Crippen LogP contribution in [0.1, 0.15) is 46.1 Å². The standard InChI is InChI=1S/C25H37NO3Si/c1-5-9-19-26-23(16-18-25(26)28)22(20-27)24(29-30(6-2,7-3)8-4)17-15-21-13-11-10-12-14-21/h5,9-15,17,20,22-24H,6-8,16,18-19H2,1-4H3/b9-5+,17-15+/t22-,23+,24-/m1/s1. The summed E-state index contributed by atoms with van der Waals surface area (Å²) >= 11 is 0. The fraction of sp³-hybridized carbons (Fsp3) is 0.520. The van der Waals surface area contributed by atoms with Gasteiger partial charge in [-0.1, -0.05) is 75.4 Å². The largest absolute Gasteiger partial charge is 0.410 e. The third kappa shape index (κ3) is 6.02. The van der Waals surface area contributed by atoms with Gasteiger partial charge in [0.15, 0.2) is 8.32 Å². The third-order valence-corrected chi connectivity index (χ3v) is 11.1. The average Bonchev–Trinajstić information content (AvgIpc) is 3.15. The number of likely N-dealkylation sites (tertiary alicyclic amines) is 1. The number of carbonyl (C=O) groups excluding carboxylic acids is 2. The Kier molecular flexibility index (Phi) is 9.73. The molecular weight excluding hydrogens is 390 g/mol. The Morgan fingerprint density at radius 3 is 2.40 bits per heavy atom. The predicted molar refractivity (Wildman–Crippen MR) is 127 cm³/mol. The number of nitrogens with zero attached hydrogens (tertiary/aromatic N) is 1. The summed E-state index contributed by atoms with van der Waals surface area (Å²) in [5.41, 5.74) is 1.08. The highest BCUT2D eigenvalue weighted by Gasteiger charge is 2.42. The number of aldehydes is 1. The van der Waals surface area contributed by atoms with Crippen LogP contribution in [0, 0.1) is 5.92 Å². The Hall–Kier alpha value is -1.98. The Labute approximate surface area is 183 Å². The zero-order valence-corrected chi connectivity index (χ0v) is 19.9. The third-order valence-electron chi connectivity index (χ3n) is 6.49. The lowest BCUT2D eigenvalue weighted by atomic mass is 9.92. The zero-order valence-electron chi connectivity index (χ0n) is 18.9. The van der Waals surface area contributed by atoms with Crippen molar-refractivity contribution in [3.8, 4) is 0 Å².